The second kappa shape index (κ2) is 12.0. The van der Waals surface area contributed by atoms with Crippen LogP contribution in [0.5, 0.6) is 0 Å². The summed E-state index contributed by atoms with van der Waals surface area (Å²) >= 11 is 0. The lowest BCUT2D eigenvalue weighted by Crippen LogP contribution is -2.56. The minimum atomic E-state index is -2.73. The molecule has 0 aliphatic carbocycles. The number of hydrogen-bond donors (Lipinski definition) is 0. The van der Waals surface area contributed by atoms with Crippen LogP contribution in [0, 0.1) is 0 Å². The maximum Gasteiger partial charge on any atom is 0.505 e. The van der Waals surface area contributed by atoms with E-state index >= 15 is 0 Å². The number of ether oxygens (including phenoxy) is 2. The van der Waals surface area contributed by atoms with Crippen LogP contribution < -0.4 is 0 Å². The zero-order valence-electron chi connectivity index (χ0n) is 19.4. The van der Waals surface area contributed by atoms with E-state index in [4.69, 9.17) is 31.6 Å². The Morgan fingerprint density at radius 1 is 1.13 bits per heavy atom. The van der Waals surface area contributed by atoms with Crippen molar-refractivity contribution in [3.63, 3.8) is 0 Å². The van der Waals surface area contributed by atoms with Crippen molar-refractivity contribution >= 4 is 26.2 Å². The van der Waals surface area contributed by atoms with Crippen LogP contribution in [0.15, 0.2) is 0 Å². The van der Waals surface area contributed by atoms with Gasteiger partial charge in [0, 0.05) is 34.5 Å². The summed E-state index contributed by atoms with van der Waals surface area (Å²) in [5.74, 6) is 0. The molecule has 0 saturated carbocycles. The Bertz CT molecular complexity index is 493. The smallest absolute Gasteiger partial charge is 0.420 e. The standard InChI is InChI=1S/C20H42O7Si3/c1-18(30(21-2,22-3)23-4)20-9-7-13-29(27-20,17-28-12-6-5-11-26-28)14-8-10-24-15-19-16-25-19/h18-20,28H,5-17H2,1-4H3. The van der Waals surface area contributed by atoms with Gasteiger partial charge in [0.25, 0.3) is 0 Å². The summed E-state index contributed by atoms with van der Waals surface area (Å²) in [4.78, 5) is 0. The van der Waals surface area contributed by atoms with Gasteiger partial charge in [0.15, 0.2) is 17.4 Å². The van der Waals surface area contributed by atoms with Crippen molar-refractivity contribution in [2.24, 2.45) is 0 Å². The zero-order valence-corrected chi connectivity index (χ0v) is 22.5. The van der Waals surface area contributed by atoms with E-state index in [1.807, 2.05) is 0 Å². The quantitative estimate of drug-likeness (QED) is 0.229. The van der Waals surface area contributed by atoms with Crippen LogP contribution in [0.25, 0.3) is 0 Å². The Balaban J connectivity index is 1.63. The van der Waals surface area contributed by atoms with Gasteiger partial charge in [-0.2, -0.15) is 0 Å². The molecule has 5 unspecified atom stereocenters. The lowest BCUT2D eigenvalue weighted by atomic mass is 10.1. The first-order valence-electron chi connectivity index (χ1n) is 11.7. The third-order valence-corrected chi connectivity index (χ3v) is 20.1. The minimum Gasteiger partial charge on any atom is -0.420 e. The van der Waals surface area contributed by atoms with Gasteiger partial charge in [-0.15, -0.1) is 0 Å². The summed E-state index contributed by atoms with van der Waals surface area (Å²) in [6, 6.07) is 3.72. The SMILES string of the molecule is CO[Si](OC)(OC)C(C)C1CCC[Si](CCCOCC2CO2)(C[SiH]2CCCCO2)O1. The second-order valence-corrected chi connectivity index (χ2v) is 19.8. The fraction of sp³-hybridized carbons (Fsp3) is 1.00. The van der Waals surface area contributed by atoms with Gasteiger partial charge in [0.1, 0.15) is 6.10 Å². The van der Waals surface area contributed by atoms with E-state index in [1.54, 1.807) is 21.3 Å². The monoisotopic (exact) mass is 478 g/mol. The largest absolute Gasteiger partial charge is 0.505 e. The highest BCUT2D eigenvalue weighted by atomic mass is 28.4. The lowest BCUT2D eigenvalue weighted by molar-refractivity contribution is 0.0701. The summed E-state index contributed by atoms with van der Waals surface area (Å²) in [5, 5.41) is 0. The van der Waals surface area contributed by atoms with Crippen LogP contribution in [0.1, 0.15) is 39.0 Å². The molecule has 0 aromatic heterocycles. The molecule has 0 spiro atoms. The van der Waals surface area contributed by atoms with Crippen LogP contribution in [-0.2, 0) is 31.6 Å². The fourth-order valence-corrected chi connectivity index (χ4v) is 18.7. The van der Waals surface area contributed by atoms with Gasteiger partial charge in [-0.3, -0.25) is 0 Å². The second-order valence-electron chi connectivity index (χ2n) is 9.06. The molecule has 0 aromatic carbocycles. The molecule has 10 heteroatoms. The number of hydrogen-bond acceptors (Lipinski definition) is 7. The highest BCUT2D eigenvalue weighted by molar-refractivity contribution is 6.84. The molecule has 0 bridgehead atoms. The maximum absolute atomic E-state index is 7.10. The van der Waals surface area contributed by atoms with E-state index < -0.39 is 26.2 Å². The third-order valence-electron chi connectivity index (χ3n) is 6.99. The first-order chi connectivity index (χ1) is 14.6. The zero-order chi connectivity index (χ0) is 21.5. The van der Waals surface area contributed by atoms with Crippen molar-refractivity contribution in [1.82, 2.24) is 0 Å². The molecule has 0 amide bonds. The topological polar surface area (TPSA) is 67.9 Å². The van der Waals surface area contributed by atoms with Crippen molar-refractivity contribution in [2.45, 2.75) is 80.6 Å². The Hall–Kier alpha value is 0.371. The first-order valence-corrected chi connectivity index (χ1v) is 18.1. The Kier molecular flexibility index (Phi) is 10.0. The van der Waals surface area contributed by atoms with E-state index in [0.717, 1.165) is 45.3 Å². The third kappa shape index (κ3) is 6.69. The number of rotatable bonds is 13. The maximum atomic E-state index is 7.10. The molecule has 0 aromatic rings. The summed E-state index contributed by atoms with van der Waals surface area (Å²) in [6.07, 6.45) is 6.39. The normalized spacial score (nSPS) is 33.4. The molecule has 3 aliphatic rings. The van der Waals surface area contributed by atoms with Gasteiger partial charge in [-0.1, -0.05) is 19.8 Å². The first kappa shape index (κ1) is 25.0. The van der Waals surface area contributed by atoms with Gasteiger partial charge in [0.2, 0.25) is 0 Å². The summed E-state index contributed by atoms with van der Waals surface area (Å²) in [7, 11) is -0.684. The molecule has 3 fully saturated rings. The van der Waals surface area contributed by atoms with Crippen molar-refractivity contribution < 1.29 is 31.6 Å². The average Bonchev–Trinajstić information content (AvgIpc) is 3.60. The number of epoxide rings is 1. The highest BCUT2D eigenvalue weighted by Gasteiger charge is 2.52. The molecule has 0 radical (unpaired) electrons. The molecule has 3 saturated heterocycles. The van der Waals surface area contributed by atoms with E-state index in [0.29, 0.717) is 6.10 Å². The summed E-state index contributed by atoms with van der Waals surface area (Å²) < 4.78 is 41.8. The van der Waals surface area contributed by atoms with E-state index in [-0.39, 0.29) is 11.6 Å². The molecule has 5 atom stereocenters. The molecular formula is C20H42O7Si3. The molecule has 7 nitrogen and oxygen atoms in total. The van der Waals surface area contributed by atoms with Crippen LogP contribution >= 0.6 is 0 Å². The molecular weight excluding hydrogens is 436 g/mol. The van der Waals surface area contributed by atoms with Crippen molar-refractivity contribution in [3.05, 3.63) is 0 Å². The fourth-order valence-electron chi connectivity index (χ4n) is 5.15. The van der Waals surface area contributed by atoms with E-state index in [2.05, 4.69) is 6.92 Å². The molecule has 3 aliphatic heterocycles. The summed E-state index contributed by atoms with van der Waals surface area (Å²) in [5.41, 5.74) is 1.37. The molecule has 3 heterocycles. The van der Waals surface area contributed by atoms with E-state index in [1.165, 1.54) is 37.0 Å². The van der Waals surface area contributed by atoms with E-state index in [9.17, 15) is 0 Å². The van der Waals surface area contributed by atoms with Crippen LogP contribution in [-0.4, -0.2) is 86.1 Å². The van der Waals surface area contributed by atoms with Gasteiger partial charge in [-0.05, 0) is 43.1 Å². The Labute approximate surface area is 186 Å². The molecule has 176 valence electrons. The van der Waals surface area contributed by atoms with Gasteiger partial charge in [-0.25, -0.2) is 0 Å². The molecule has 3 rings (SSSR count). The summed E-state index contributed by atoms with van der Waals surface area (Å²) in [6.45, 7) is 5.54. The van der Waals surface area contributed by atoms with Crippen molar-refractivity contribution in [1.29, 1.82) is 0 Å². The van der Waals surface area contributed by atoms with Gasteiger partial charge >= 0.3 is 8.80 Å². The van der Waals surface area contributed by atoms with Crippen molar-refractivity contribution in [2.75, 3.05) is 47.8 Å². The lowest BCUT2D eigenvalue weighted by Gasteiger charge is -2.45. The van der Waals surface area contributed by atoms with Crippen LogP contribution in [0.3, 0.4) is 0 Å². The molecule has 30 heavy (non-hydrogen) atoms. The Morgan fingerprint density at radius 3 is 2.53 bits per heavy atom. The highest BCUT2D eigenvalue weighted by Crippen LogP contribution is 2.42. The molecule has 0 N–H and O–H groups in total. The Morgan fingerprint density at radius 2 is 1.90 bits per heavy atom. The average molecular weight is 479 g/mol. The van der Waals surface area contributed by atoms with Gasteiger partial charge in [0.05, 0.1) is 24.9 Å². The van der Waals surface area contributed by atoms with Crippen LogP contribution in [0.2, 0.25) is 29.3 Å². The van der Waals surface area contributed by atoms with Crippen molar-refractivity contribution in [3.8, 4) is 0 Å². The van der Waals surface area contributed by atoms with Crippen LogP contribution in [0.4, 0.5) is 0 Å². The predicted octanol–water partition coefficient (Wildman–Crippen LogP) is 3.26. The minimum absolute atomic E-state index is 0.127. The predicted molar refractivity (Wildman–Crippen MR) is 123 cm³/mol. The van der Waals surface area contributed by atoms with Gasteiger partial charge < -0.3 is 31.6 Å².